The van der Waals surface area contributed by atoms with E-state index in [9.17, 15) is 29.1 Å². The van der Waals surface area contributed by atoms with Crippen molar-refractivity contribution in [3.63, 3.8) is 0 Å². The number of methoxy groups -OCH3 is 2. The molecule has 0 saturated heterocycles. The number of carbonyl (C=O) groups is 5. The van der Waals surface area contributed by atoms with Gasteiger partial charge in [-0.25, -0.2) is 0 Å². The van der Waals surface area contributed by atoms with Crippen molar-refractivity contribution < 1.29 is 81.2 Å². The van der Waals surface area contributed by atoms with Crippen LogP contribution in [-0.2, 0) is 76.1 Å². The van der Waals surface area contributed by atoms with Crippen LogP contribution in [0.5, 0.6) is 0 Å². The predicted molar refractivity (Wildman–Crippen MR) is 210 cm³/mol. The van der Waals surface area contributed by atoms with Crippen LogP contribution in [0.3, 0.4) is 0 Å². The molecule has 5 N–H and O–H groups in total. The van der Waals surface area contributed by atoms with Crippen molar-refractivity contribution in [1.29, 1.82) is 0 Å². The molecule has 2 unspecified atom stereocenters. The zero-order valence-electron chi connectivity index (χ0n) is 35.2. The molecule has 4 amide bonds. The van der Waals surface area contributed by atoms with Gasteiger partial charge in [0.2, 0.25) is 23.6 Å². The van der Waals surface area contributed by atoms with Crippen LogP contribution < -0.4 is 21.3 Å². The van der Waals surface area contributed by atoms with E-state index in [0.29, 0.717) is 85.3 Å². The van der Waals surface area contributed by atoms with Crippen LogP contribution in [-0.4, -0.2) is 207 Å². The quantitative estimate of drug-likeness (QED) is 0.0440. The van der Waals surface area contributed by atoms with Crippen molar-refractivity contribution in [2.45, 2.75) is 38.7 Å². The fourth-order valence-electron chi connectivity index (χ4n) is 5.06. The molecule has 0 spiro atoms. The van der Waals surface area contributed by atoms with Crippen molar-refractivity contribution in [2.24, 2.45) is 11.3 Å². The molecule has 344 valence electrons. The number of aliphatic carboxylic acids is 1. The number of amides is 4. The highest BCUT2D eigenvalue weighted by atomic mass is 16.6. The molecule has 0 aliphatic heterocycles. The van der Waals surface area contributed by atoms with E-state index in [0.717, 1.165) is 6.42 Å². The van der Waals surface area contributed by atoms with Gasteiger partial charge in [0.15, 0.2) is 0 Å². The lowest BCUT2D eigenvalue weighted by atomic mass is 10.0. The number of hydrogen-bond donors (Lipinski definition) is 5. The highest BCUT2D eigenvalue weighted by molar-refractivity contribution is 5.80. The topological polar surface area (TPSA) is 255 Å². The van der Waals surface area contributed by atoms with Crippen molar-refractivity contribution >= 4 is 29.6 Å². The summed E-state index contributed by atoms with van der Waals surface area (Å²) < 4.78 is 58.9. The molecule has 0 heterocycles. The number of nitrogens with one attached hydrogen (secondary N) is 4. The van der Waals surface area contributed by atoms with Crippen LogP contribution in [0.1, 0.15) is 32.6 Å². The summed E-state index contributed by atoms with van der Waals surface area (Å²) >= 11 is 0. The Kier molecular flexibility index (Phi) is 33.6. The van der Waals surface area contributed by atoms with E-state index >= 15 is 0 Å². The third-order valence-electron chi connectivity index (χ3n) is 8.64. The van der Waals surface area contributed by atoms with Crippen molar-refractivity contribution in [3.8, 4) is 0 Å². The summed E-state index contributed by atoms with van der Waals surface area (Å²) in [5.74, 6) is -1.81. The Morgan fingerprint density at radius 2 is 0.966 bits per heavy atom. The van der Waals surface area contributed by atoms with Crippen LogP contribution in [0.2, 0.25) is 0 Å². The Hall–Kier alpha value is -3.09. The standard InChI is InChI=1S/C38H70N4O17/c1-38(37(47)48)25-31(38)5-4-7-39-33(43)6-8-40-36(46)30-59-32(26-55-21-17-51-11-9-41-34(44)28-57-23-19-53-15-13-49-2)27-56-22-18-52-12-10-42-35(45)29-58-24-20-54-16-14-50-3/h31-32H,4-30H2,1-3H3,(H,39,43)(H,40,46)(H,41,44)(H,42,45)(H,47,48). The van der Waals surface area contributed by atoms with Crippen LogP contribution in [0.15, 0.2) is 0 Å². The van der Waals surface area contributed by atoms with Crippen LogP contribution in [0.4, 0.5) is 0 Å². The summed E-state index contributed by atoms with van der Waals surface area (Å²) in [7, 11) is 3.17. The number of hydrogen-bond acceptors (Lipinski definition) is 16. The van der Waals surface area contributed by atoms with Crippen molar-refractivity contribution in [3.05, 3.63) is 0 Å². The molecule has 1 rings (SSSR count). The molecule has 21 nitrogen and oxygen atoms in total. The minimum Gasteiger partial charge on any atom is -0.481 e. The van der Waals surface area contributed by atoms with E-state index in [2.05, 4.69) is 21.3 Å². The molecule has 0 aromatic heterocycles. The maximum Gasteiger partial charge on any atom is 0.309 e. The minimum atomic E-state index is -0.779. The van der Waals surface area contributed by atoms with Crippen LogP contribution >= 0.6 is 0 Å². The largest absolute Gasteiger partial charge is 0.481 e. The summed E-state index contributed by atoms with van der Waals surface area (Å²) in [6.45, 7) is 7.39. The smallest absolute Gasteiger partial charge is 0.309 e. The average Bonchev–Trinajstić information content (AvgIpc) is 3.90. The van der Waals surface area contributed by atoms with Gasteiger partial charge < -0.3 is 78.5 Å². The fourth-order valence-corrected chi connectivity index (χ4v) is 5.06. The Morgan fingerprint density at radius 1 is 0.542 bits per heavy atom. The lowest BCUT2D eigenvalue weighted by molar-refractivity contribution is -0.143. The van der Waals surface area contributed by atoms with Gasteiger partial charge in [-0.1, -0.05) is 0 Å². The Morgan fingerprint density at radius 3 is 1.46 bits per heavy atom. The second kappa shape index (κ2) is 36.7. The van der Waals surface area contributed by atoms with E-state index in [1.807, 2.05) is 0 Å². The molecule has 1 aliphatic carbocycles. The minimum absolute atomic E-state index is 0.0832. The maximum absolute atomic E-state index is 12.4. The van der Waals surface area contributed by atoms with Gasteiger partial charge in [-0.05, 0) is 32.1 Å². The van der Waals surface area contributed by atoms with Gasteiger partial charge in [0.1, 0.15) is 25.9 Å². The zero-order valence-corrected chi connectivity index (χ0v) is 35.2. The predicted octanol–water partition coefficient (Wildman–Crippen LogP) is -1.46. The molecule has 1 aliphatic rings. The van der Waals surface area contributed by atoms with Gasteiger partial charge in [0, 0.05) is 46.8 Å². The second-order valence-corrected chi connectivity index (χ2v) is 13.5. The Balaban J connectivity index is 2.26. The molecule has 2 atom stereocenters. The monoisotopic (exact) mass is 854 g/mol. The molecule has 1 saturated carbocycles. The van der Waals surface area contributed by atoms with Gasteiger partial charge in [-0.2, -0.15) is 0 Å². The first kappa shape index (κ1) is 53.9. The molecule has 1 fully saturated rings. The fraction of sp³-hybridized carbons (Fsp3) is 0.868. The van der Waals surface area contributed by atoms with Crippen molar-refractivity contribution in [1.82, 2.24) is 21.3 Å². The molecule has 59 heavy (non-hydrogen) atoms. The summed E-state index contributed by atoms with van der Waals surface area (Å²) in [4.78, 5) is 59.6. The first-order chi connectivity index (χ1) is 28.6. The lowest BCUT2D eigenvalue weighted by Crippen LogP contribution is -2.36. The number of ether oxygens (including phenoxy) is 11. The van der Waals surface area contributed by atoms with E-state index in [4.69, 9.17) is 52.1 Å². The first-order valence-corrected chi connectivity index (χ1v) is 20.1. The summed E-state index contributed by atoms with van der Waals surface area (Å²) in [6.07, 6.45) is 1.57. The summed E-state index contributed by atoms with van der Waals surface area (Å²) in [5, 5.41) is 20.1. The van der Waals surface area contributed by atoms with Gasteiger partial charge >= 0.3 is 5.97 Å². The van der Waals surface area contributed by atoms with Gasteiger partial charge in [-0.3, -0.25) is 24.0 Å². The SMILES string of the molecule is COCCOCCOCC(=O)NCCOCCOCC(COCCOCCNC(=O)COCCOCCOC)OCC(=O)NCCC(=O)NCCCC1CC1(C)C(=O)O. The first-order valence-electron chi connectivity index (χ1n) is 20.1. The molecular weight excluding hydrogens is 784 g/mol. The van der Waals surface area contributed by atoms with E-state index in [1.54, 1.807) is 21.1 Å². The third-order valence-corrected chi connectivity index (χ3v) is 8.64. The number of rotatable bonds is 43. The summed E-state index contributed by atoms with van der Waals surface area (Å²) in [5.41, 5.74) is -0.644. The Labute approximate surface area is 347 Å². The average molecular weight is 855 g/mol. The number of carboxylic acid groups (broad SMARTS) is 1. The van der Waals surface area contributed by atoms with E-state index < -0.39 is 23.4 Å². The van der Waals surface area contributed by atoms with Crippen LogP contribution in [0.25, 0.3) is 0 Å². The van der Waals surface area contributed by atoms with Crippen molar-refractivity contribution in [2.75, 3.05) is 166 Å². The normalized spacial score (nSPS) is 15.9. The molecule has 0 bridgehead atoms. The molecule has 21 heteroatoms. The number of carboxylic acids is 1. The van der Waals surface area contributed by atoms with E-state index in [1.165, 1.54) is 0 Å². The Bertz CT molecular complexity index is 1080. The zero-order chi connectivity index (χ0) is 43.2. The summed E-state index contributed by atoms with van der Waals surface area (Å²) in [6, 6.07) is 0. The van der Waals surface area contributed by atoms with Gasteiger partial charge in [-0.15, -0.1) is 0 Å². The maximum atomic E-state index is 12.4. The van der Waals surface area contributed by atoms with Gasteiger partial charge in [0.25, 0.3) is 0 Å². The second-order valence-electron chi connectivity index (χ2n) is 13.5. The van der Waals surface area contributed by atoms with Crippen LogP contribution in [0, 0.1) is 11.3 Å². The molecule has 0 radical (unpaired) electrons. The van der Waals surface area contributed by atoms with E-state index in [-0.39, 0.29) is 109 Å². The highest BCUT2D eigenvalue weighted by Gasteiger charge is 2.55. The third kappa shape index (κ3) is 31.5. The molecule has 0 aromatic carbocycles. The molecule has 0 aromatic rings. The van der Waals surface area contributed by atoms with Gasteiger partial charge in [0.05, 0.1) is 111 Å². The highest BCUT2D eigenvalue weighted by Crippen LogP contribution is 2.54. The molecular formula is C38H70N4O17. The number of carbonyl (C=O) groups excluding carboxylic acids is 4. The lowest BCUT2D eigenvalue weighted by Gasteiger charge is -2.18.